The first-order valence-corrected chi connectivity index (χ1v) is 8.40. The Kier molecular flexibility index (Phi) is 6.55. The minimum absolute atomic E-state index is 0.0611. The van der Waals surface area contributed by atoms with Gasteiger partial charge in [-0.25, -0.2) is 0 Å². The van der Waals surface area contributed by atoms with Gasteiger partial charge in [-0.15, -0.1) is 0 Å². The molecule has 12 heteroatoms. The quantitative estimate of drug-likeness (QED) is 0.531. The topological polar surface area (TPSA) is 50.4 Å². The zero-order chi connectivity index (χ0) is 20.5. The first-order valence-electron chi connectivity index (χ1n) is 7.65. The molecule has 1 amide bonds. The molecule has 1 aliphatic heterocycles. The number of carbonyl (C=O) groups is 1. The summed E-state index contributed by atoms with van der Waals surface area (Å²) in [5, 5.41) is 2.11. The van der Waals surface area contributed by atoms with E-state index in [4.69, 9.17) is 27.9 Å². The van der Waals surface area contributed by atoms with Crippen LogP contribution in [0, 0.1) is 0 Å². The Morgan fingerprint density at radius 3 is 2.26 bits per heavy atom. The highest BCUT2D eigenvalue weighted by atomic mass is 35.5. The Hall–Kier alpha value is -1.23. The highest BCUT2D eigenvalue weighted by Crippen LogP contribution is 2.42. The number of benzene rings is 1. The third-order valence-electron chi connectivity index (χ3n) is 3.95. The smallest absolute Gasteiger partial charge is 0.377 e. The summed E-state index contributed by atoms with van der Waals surface area (Å²) in [5.74, 6) is -1.66. The Balaban J connectivity index is 2.36. The standard InChI is InChI=1S/C15H14Cl2F6N2O2/c16-8-3-4-10(11(17)6-8)12(26)25-13(14(18,19)20,15(21,22)23)24-7-9-2-1-5-27-9/h3-4,6,9,24H,1-2,5,7H2,(H,25,26)/t9-/m1/s1. The molecule has 0 spiro atoms. The van der Waals surface area contributed by atoms with Gasteiger partial charge in [0.05, 0.1) is 16.7 Å². The number of nitrogens with one attached hydrogen (secondary N) is 2. The molecule has 0 unspecified atom stereocenters. The maximum absolute atomic E-state index is 13.5. The minimum atomic E-state index is -5.89. The molecule has 0 bridgehead atoms. The SMILES string of the molecule is O=C(NC(NC[C@H]1CCCO1)(C(F)(F)F)C(F)(F)F)c1ccc(Cl)cc1Cl. The van der Waals surface area contributed by atoms with Gasteiger partial charge in [-0.05, 0) is 31.0 Å². The molecule has 2 N–H and O–H groups in total. The van der Waals surface area contributed by atoms with Gasteiger partial charge in [-0.3, -0.25) is 10.1 Å². The Morgan fingerprint density at radius 2 is 1.78 bits per heavy atom. The molecule has 1 heterocycles. The van der Waals surface area contributed by atoms with Crippen molar-refractivity contribution in [3.05, 3.63) is 33.8 Å². The van der Waals surface area contributed by atoms with Crippen molar-refractivity contribution in [2.45, 2.75) is 37.0 Å². The molecule has 152 valence electrons. The average Bonchev–Trinajstić information content (AvgIpc) is 3.02. The Bertz CT molecular complexity index is 676. The van der Waals surface area contributed by atoms with Crippen LogP contribution in [0.25, 0.3) is 0 Å². The van der Waals surface area contributed by atoms with Crippen LogP contribution in [0.15, 0.2) is 18.2 Å². The van der Waals surface area contributed by atoms with Gasteiger partial charge in [-0.1, -0.05) is 23.2 Å². The zero-order valence-corrected chi connectivity index (χ0v) is 15.0. The van der Waals surface area contributed by atoms with Gasteiger partial charge in [0.2, 0.25) is 0 Å². The second-order valence-electron chi connectivity index (χ2n) is 5.84. The van der Waals surface area contributed by atoms with Gasteiger partial charge in [0, 0.05) is 18.2 Å². The number of ether oxygens (including phenoxy) is 1. The lowest BCUT2D eigenvalue weighted by atomic mass is 10.1. The van der Waals surface area contributed by atoms with Crippen LogP contribution in [0.2, 0.25) is 10.0 Å². The lowest BCUT2D eigenvalue weighted by Gasteiger charge is -2.39. The van der Waals surface area contributed by atoms with Gasteiger partial charge < -0.3 is 10.1 Å². The molecule has 4 nitrogen and oxygen atoms in total. The van der Waals surface area contributed by atoms with Crippen LogP contribution in [0.4, 0.5) is 26.3 Å². The van der Waals surface area contributed by atoms with E-state index < -0.39 is 47.2 Å². The van der Waals surface area contributed by atoms with E-state index >= 15 is 0 Å². The molecule has 0 saturated carbocycles. The molecule has 27 heavy (non-hydrogen) atoms. The second-order valence-corrected chi connectivity index (χ2v) is 6.68. The fourth-order valence-corrected chi connectivity index (χ4v) is 3.02. The maximum atomic E-state index is 13.5. The molecule has 1 atom stereocenters. The van der Waals surface area contributed by atoms with E-state index in [1.54, 1.807) is 0 Å². The summed E-state index contributed by atoms with van der Waals surface area (Å²) in [6.07, 6.45) is -11.8. The Labute approximate surface area is 160 Å². The van der Waals surface area contributed by atoms with Crippen LogP contribution in [0.5, 0.6) is 0 Å². The van der Waals surface area contributed by atoms with Crippen LogP contribution in [0.1, 0.15) is 23.2 Å². The lowest BCUT2D eigenvalue weighted by Crippen LogP contribution is -2.76. The normalized spacial score (nSPS) is 18.6. The predicted octanol–water partition coefficient (Wildman–Crippen LogP) is 4.31. The molecule has 1 aromatic rings. The number of alkyl halides is 6. The van der Waals surface area contributed by atoms with E-state index in [0.29, 0.717) is 12.8 Å². The average molecular weight is 439 g/mol. The van der Waals surface area contributed by atoms with Crippen LogP contribution in [0.3, 0.4) is 0 Å². The fourth-order valence-electron chi connectivity index (χ4n) is 2.53. The number of halogens is 8. The number of amides is 1. The van der Waals surface area contributed by atoms with E-state index in [1.165, 1.54) is 5.32 Å². The van der Waals surface area contributed by atoms with Crippen LogP contribution in [-0.4, -0.2) is 43.2 Å². The molecule has 1 fully saturated rings. The highest BCUT2D eigenvalue weighted by Gasteiger charge is 2.72. The summed E-state index contributed by atoms with van der Waals surface area (Å²) in [5.41, 5.74) is -5.26. The van der Waals surface area contributed by atoms with Crippen molar-refractivity contribution in [1.82, 2.24) is 10.6 Å². The monoisotopic (exact) mass is 438 g/mol. The van der Waals surface area contributed by atoms with Crippen LogP contribution in [-0.2, 0) is 4.74 Å². The Morgan fingerprint density at radius 1 is 1.15 bits per heavy atom. The summed E-state index contributed by atoms with van der Waals surface area (Å²) < 4.78 is 86.0. The second kappa shape index (κ2) is 8.02. The van der Waals surface area contributed by atoms with Crippen molar-refractivity contribution >= 4 is 29.1 Å². The van der Waals surface area contributed by atoms with E-state index in [9.17, 15) is 31.1 Å². The van der Waals surface area contributed by atoms with E-state index in [2.05, 4.69) is 0 Å². The van der Waals surface area contributed by atoms with Crippen LogP contribution < -0.4 is 10.6 Å². The van der Waals surface area contributed by atoms with E-state index in [1.807, 2.05) is 0 Å². The van der Waals surface area contributed by atoms with Crippen molar-refractivity contribution in [2.24, 2.45) is 0 Å². The van der Waals surface area contributed by atoms with Gasteiger partial charge in [0.15, 0.2) is 0 Å². The molecule has 0 aliphatic carbocycles. The van der Waals surface area contributed by atoms with Gasteiger partial charge >= 0.3 is 12.4 Å². The molecular weight excluding hydrogens is 425 g/mol. The molecule has 0 radical (unpaired) electrons. The summed E-state index contributed by atoms with van der Waals surface area (Å²) in [6.45, 7) is -0.516. The molecule has 1 saturated heterocycles. The van der Waals surface area contributed by atoms with Gasteiger partial charge in [0.25, 0.3) is 11.6 Å². The van der Waals surface area contributed by atoms with Crippen molar-refractivity contribution in [3.8, 4) is 0 Å². The zero-order valence-electron chi connectivity index (χ0n) is 13.5. The maximum Gasteiger partial charge on any atom is 0.434 e. The summed E-state index contributed by atoms with van der Waals surface area (Å²) in [4.78, 5) is 12.2. The lowest BCUT2D eigenvalue weighted by molar-refractivity contribution is -0.314. The fraction of sp³-hybridized carbons (Fsp3) is 0.533. The van der Waals surface area contributed by atoms with Crippen LogP contribution >= 0.6 is 23.2 Å². The third kappa shape index (κ3) is 4.79. The minimum Gasteiger partial charge on any atom is -0.377 e. The first kappa shape index (κ1) is 22.1. The highest BCUT2D eigenvalue weighted by molar-refractivity contribution is 6.36. The number of hydrogen-bond acceptors (Lipinski definition) is 3. The first-order chi connectivity index (χ1) is 12.4. The van der Waals surface area contributed by atoms with E-state index in [0.717, 1.165) is 23.5 Å². The molecule has 1 aromatic carbocycles. The van der Waals surface area contributed by atoms with Crippen molar-refractivity contribution in [3.63, 3.8) is 0 Å². The van der Waals surface area contributed by atoms with Gasteiger partial charge in [0.1, 0.15) is 0 Å². The van der Waals surface area contributed by atoms with Gasteiger partial charge in [-0.2, -0.15) is 26.3 Å². The van der Waals surface area contributed by atoms with E-state index in [-0.39, 0.29) is 11.6 Å². The number of rotatable bonds is 5. The summed E-state index contributed by atoms with van der Waals surface area (Å²) in [6, 6.07) is 3.07. The molecular formula is C15H14Cl2F6N2O2. The van der Waals surface area contributed by atoms with Crippen molar-refractivity contribution in [2.75, 3.05) is 13.2 Å². The van der Waals surface area contributed by atoms with Crippen molar-refractivity contribution < 1.29 is 35.9 Å². The molecule has 1 aliphatic rings. The predicted molar refractivity (Wildman–Crippen MR) is 85.7 cm³/mol. The molecule has 0 aromatic heterocycles. The third-order valence-corrected chi connectivity index (χ3v) is 4.49. The summed E-state index contributed by atoms with van der Waals surface area (Å²) in [7, 11) is 0. The largest absolute Gasteiger partial charge is 0.434 e. The number of carbonyl (C=O) groups excluding carboxylic acids is 1. The summed E-state index contributed by atoms with van der Waals surface area (Å²) >= 11 is 11.3. The van der Waals surface area contributed by atoms with Crippen molar-refractivity contribution in [1.29, 1.82) is 0 Å². The molecule has 2 rings (SSSR count). The number of hydrogen-bond donors (Lipinski definition) is 2.